The van der Waals surface area contributed by atoms with Crippen molar-refractivity contribution in [3.05, 3.63) is 48.5 Å². The van der Waals surface area contributed by atoms with Crippen molar-refractivity contribution in [2.24, 2.45) is 0 Å². The van der Waals surface area contributed by atoms with Crippen LogP contribution >= 0.6 is 0 Å². The summed E-state index contributed by atoms with van der Waals surface area (Å²) in [6.07, 6.45) is 0.605. The number of methoxy groups -OCH3 is 1. The lowest BCUT2D eigenvalue weighted by atomic mass is 10.00. The third kappa shape index (κ3) is 4.23. The molecule has 3 aromatic rings. The largest absolute Gasteiger partial charge is 0.469 e. The summed E-state index contributed by atoms with van der Waals surface area (Å²) in [7, 11) is 1.34. The Morgan fingerprint density at radius 3 is 2.76 bits per heavy atom. The van der Waals surface area contributed by atoms with Crippen molar-refractivity contribution < 1.29 is 28.5 Å². The third-order valence-corrected chi connectivity index (χ3v) is 6.04. The van der Waals surface area contributed by atoms with Crippen LogP contribution in [0.3, 0.4) is 0 Å². The van der Waals surface area contributed by atoms with Crippen molar-refractivity contribution >= 4 is 23.0 Å². The first-order chi connectivity index (χ1) is 16.4. The van der Waals surface area contributed by atoms with Gasteiger partial charge in [0, 0.05) is 0 Å². The van der Waals surface area contributed by atoms with E-state index in [1.807, 2.05) is 44.2 Å². The molecule has 180 valence electrons. The molecule has 2 aliphatic rings. The minimum Gasteiger partial charge on any atom is -0.469 e. The molecule has 2 fully saturated rings. The molecule has 4 heterocycles. The highest BCUT2D eigenvalue weighted by Crippen LogP contribution is 2.43. The quantitative estimate of drug-likeness (QED) is 0.512. The standard InChI is InChI=1S/C23H27N5O6/c1-23(2)33-19-18(31-10-13-7-5-4-6-8-13)17(32-22(19)34-23)14(9-15(29)30-3)28-12-27-16-20(24)25-11-26-21(16)28/h4-8,11-12,14,17-19,22H,9-10H2,1-3H3,(H2,24,25,26)/t14-,17-,18+,19-,22-/m1/s1. The number of ether oxygens (including phenoxy) is 5. The number of hydrogen-bond donors (Lipinski definition) is 1. The van der Waals surface area contributed by atoms with Gasteiger partial charge in [-0.25, -0.2) is 15.0 Å². The molecule has 2 saturated heterocycles. The molecule has 34 heavy (non-hydrogen) atoms. The summed E-state index contributed by atoms with van der Waals surface area (Å²) in [6.45, 7) is 3.99. The average Bonchev–Trinajstić information content (AvgIpc) is 3.47. The van der Waals surface area contributed by atoms with Crippen LogP contribution in [0.4, 0.5) is 5.82 Å². The summed E-state index contributed by atoms with van der Waals surface area (Å²) in [5.41, 5.74) is 7.89. The molecule has 0 spiro atoms. The van der Waals surface area contributed by atoms with Gasteiger partial charge < -0.3 is 34.0 Å². The van der Waals surface area contributed by atoms with Gasteiger partial charge in [-0.1, -0.05) is 30.3 Å². The van der Waals surface area contributed by atoms with Gasteiger partial charge in [-0.05, 0) is 19.4 Å². The molecule has 0 aliphatic carbocycles. The molecule has 5 rings (SSSR count). The zero-order valence-corrected chi connectivity index (χ0v) is 19.2. The van der Waals surface area contributed by atoms with E-state index in [0.29, 0.717) is 17.8 Å². The van der Waals surface area contributed by atoms with Crippen LogP contribution in [0.5, 0.6) is 0 Å². The van der Waals surface area contributed by atoms with Gasteiger partial charge in [-0.15, -0.1) is 0 Å². The number of anilines is 1. The lowest BCUT2D eigenvalue weighted by Crippen LogP contribution is -2.41. The second-order valence-electron chi connectivity index (χ2n) is 8.76. The van der Waals surface area contributed by atoms with E-state index in [0.717, 1.165) is 5.56 Å². The molecule has 0 amide bonds. The molecule has 2 aliphatic heterocycles. The molecule has 11 heteroatoms. The lowest BCUT2D eigenvalue weighted by molar-refractivity contribution is -0.224. The molecule has 2 N–H and O–H groups in total. The van der Waals surface area contributed by atoms with E-state index in [1.165, 1.54) is 13.4 Å². The Bertz CT molecular complexity index is 1170. The summed E-state index contributed by atoms with van der Waals surface area (Å²) >= 11 is 0. The molecule has 0 unspecified atom stereocenters. The molecular weight excluding hydrogens is 442 g/mol. The van der Waals surface area contributed by atoms with Crippen molar-refractivity contribution in [1.82, 2.24) is 19.5 Å². The van der Waals surface area contributed by atoms with Crippen molar-refractivity contribution in [2.45, 2.75) is 63.3 Å². The molecule has 11 nitrogen and oxygen atoms in total. The Hall–Kier alpha value is -3.12. The zero-order chi connectivity index (χ0) is 23.9. The fourth-order valence-corrected chi connectivity index (χ4v) is 4.51. The number of carbonyl (C=O) groups is 1. The smallest absolute Gasteiger partial charge is 0.307 e. The van der Waals surface area contributed by atoms with E-state index < -0.39 is 42.4 Å². The third-order valence-electron chi connectivity index (χ3n) is 6.04. The number of nitrogens with two attached hydrogens (primary N) is 1. The highest BCUT2D eigenvalue weighted by atomic mass is 16.8. The monoisotopic (exact) mass is 469 g/mol. The first-order valence-corrected chi connectivity index (χ1v) is 11.0. The predicted molar refractivity (Wildman–Crippen MR) is 119 cm³/mol. The van der Waals surface area contributed by atoms with E-state index in [-0.39, 0.29) is 12.2 Å². The SMILES string of the molecule is COC(=O)C[C@H]([C@H]1O[C@@H]2OC(C)(C)O[C@@H]2[C@H]1OCc1ccccc1)n1cnc2c(N)ncnc21. The number of nitrogens with zero attached hydrogens (tertiary/aromatic N) is 4. The molecule has 0 saturated carbocycles. The number of aromatic nitrogens is 4. The van der Waals surface area contributed by atoms with Crippen molar-refractivity contribution in [3.63, 3.8) is 0 Å². The maximum absolute atomic E-state index is 12.4. The minimum atomic E-state index is -0.824. The van der Waals surface area contributed by atoms with Crippen LogP contribution in [0.1, 0.15) is 31.9 Å². The molecule has 0 bridgehead atoms. The molecule has 1 aromatic carbocycles. The Kier molecular flexibility index (Phi) is 5.94. The van der Waals surface area contributed by atoms with Crippen LogP contribution in [0.2, 0.25) is 0 Å². The van der Waals surface area contributed by atoms with Gasteiger partial charge in [0.05, 0.1) is 32.5 Å². The van der Waals surface area contributed by atoms with Crippen molar-refractivity contribution in [1.29, 1.82) is 0 Å². The van der Waals surface area contributed by atoms with Gasteiger partial charge in [0.15, 0.2) is 23.5 Å². The van der Waals surface area contributed by atoms with E-state index in [1.54, 1.807) is 10.9 Å². The number of benzene rings is 1. The Balaban J connectivity index is 1.51. The Labute approximate surface area is 196 Å². The lowest BCUT2D eigenvalue weighted by Gasteiger charge is -2.31. The Morgan fingerprint density at radius 1 is 1.21 bits per heavy atom. The van der Waals surface area contributed by atoms with Crippen molar-refractivity contribution in [2.75, 3.05) is 12.8 Å². The highest BCUT2D eigenvalue weighted by Gasteiger charge is 2.57. The second-order valence-corrected chi connectivity index (χ2v) is 8.76. The topological polar surface area (TPSA) is 133 Å². The number of nitrogen functional groups attached to an aromatic ring is 1. The summed E-state index contributed by atoms with van der Waals surface area (Å²) in [4.78, 5) is 25.1. The molecular formula is C23H27N5O6. The van der Waals surface area contributed by atoms with Crippen LogP contribution in [0.25, 0.3) is 11.2 Å². The number of fused-ring (bicyclic) bond motifs is 2. The summed E-state index contributed by atoms with van der Waals surface area (Å²) in [5, 5.41) is 0. The van der Waals surface area contributed by atoms with Crippen LogP contribution in [0.15, 0.2) is 43.0 Å². The summed E-state index contributed by atoms with van der Waals surface area (Å²) < 4.78 is 31.6. The number of carbonyl (C=O) groups excluding carboxylic acids is 1. The van der Waals surface area contributed by atoms with Gasteiger partial charge in [-0.2, -0.15) is 0 Å². The van der Waals surface area contributed by atoms with Crippen LogP contribution in [-0.2, 0) is 35.1 Å². The maximum atomic E-state index is 12.4. The minimum absolute atomic E-state index is 0.00936. The first-order valence-electron chi connectivity index (χ1n) is 11.0. The first kappa shape index (κ1) is 22.7. The normalized spacial score (nSPS) is 26.4. The molecule has 2 aromatic heterocycles. The predicted octanol–water partition coefficient (Wildman–Crippen LogP) is 1.97. The number of rotatable bonds is 7. The van der Waals surface area contributed by atoms with Crippen LogP contribution < -0.4 is 5.73 Å². The highest BCUT2D eigenvalue weighted by molar-refractivity contribution is 5.81. The van der Waals surface area contributed by atoms with Crippen LogP contribution in [-0.4, -0.2) is 63.0 Å². The number of imidazole rings is 1. The van der Waals surface area contributed by atoms with Crippen LogP contribution in [0, 0.1) is 0 Å². The van der Waals surface area contributed by atoms with Gasteiger partial charge >= 0.3 is 5.97 Å². The number of esters is 1. The molecule has 5 atom stereocenters. The zero-order valence-electron chi connectivity index (χ0n) is 19.2. The van der Waals surface area contributed by atoms with Crippen molar-refractivity contribution in [3.8, 4) is 0 Å². The van der Waals surface area contributed by atoms with E-state index in [4.69, 9.17) is 29.4 Å². The second kappa shape index (κ2) is 8.91. The maximum Gasteiger partial charge on any atom is 0.307 e. The summed E-state index contributed by atoms with van der Waals surface area (Å²) in [5.74, 6) is -0.996. The number of hydrogen-bond acceptors (Lipinski definition) is 10. The van der Waals surface area contributed by atoms with Gasteiger partial charge in [0.1, 0.15) is 30.2 Å². The summed E-state index contributed by atoms with van der Waals surface area (Å²) in [6, 6.07) is 9.23. The fraction of sp³-hybridized carbons (Fsp3) is 0.478. The van der Waals surface area contributed by atoms with E-state index in [9.17, 15) is 4.79 Å². The fourth-order valence-electron chi connectivity index (χ4n) is 4.51. The average molecular weight is 469 g/mol. The van der Waals surface area contributed by atoms with E-state index >= 15 is 0 Å². The van der Waals surface area contributed by atoms with Gasteiger partial charge in [0.25, 0.3) is 0 Å². The van der Waals surface area contributed by atoms with Gasteiger partial charge in [0.2, 0.25) is 0 Å². The Morgan fingerprint density at radius 2 is 2.00 bits per heavy atom. The molecule has 0 radical (unpaired) electrons. The van der Waals surface area contributed by atoms with Gasteiger partial charge in [-0.3, -0.25) is 4.79 Å². The van der Waals surface area contributed by atoms with E-state index in [2.05, 4.69) is 15.0 Å².